The molecule has 1 unspecified atom stereocenters. The summed E-state index contributed by atoms with van der Waals surface area (Å²) in [4.78, 5) is 18.6. The van der Waals surface area contributed by atoms with E-state index >= 15 is 0 Å². The second-order valence-electron chi connectivity index (χ2n) is 6.82. The SMILES string of the molecule is O=C1CC(c2nc(-c3ccc(F)c(Cl)c3)no2)CN1c1ccc2c(c1)OCCO2. The largest absolute Gasteiger partial charge is 0.486 e. The molecular formula is C20H15ClFN3O4. The molecule has 0 saturated carbocycles. The first-order chi connectivity index (χ1) is 14.1. The molecule has 0 radical (unpaired) electrons. The van der Waals surface area contributed by atoms with Crippen molar-refractivity contribution in [3.8, 4) is 22.9 Å². The Labute approximate surface area is 170 Å². The van der Waals surface area contributed by atoms with Gasteiger partial charge in [0.15, 0.2) is 11.5 Å². The molecule has 2 aromatic carbocycles. The topological polar surface area (TPSA) is 77.7 Å². The highest BCUT2D eigenvalue weighted by atomic mass is 35.5. The lowest BCUT2D eigenvalue weighted by molar-refractivity contribution is -0.117. The van der Waals surface area contributed by atoms with Gasteiger partial charge in [-0.3, -0.25) is 4.79 Å². The molecule has 0 N–H and O–H groups in total. The van der Waals surface area contributed by atoms with E-state index in [2.05, 4.69) is 10.1 Å². The number of amides is 1. The predicted octanol–water partition coefficient (Wildman–Crippen LogP) is 3.82. The number of halogens is 2. The molecule has 3 heterocycles. The highest BCUT2D eigenvalue weighted by Crippen LogP contribution is 2.37. The number of anilines is 1. The van der Waals surface area contributed by atoms with Gasteiger partial charge in [0.05, 0.1) is 10.9 Å². The Morgan fingerprint density at radius 1 is 1.10 bits per heavy atom. The fourth-order valence-electron chi connectivity index (χ4n) is 3.48. The lowest BCUT2D eigenvalue weighted by atomic mass is 10.1. The lowest BCUT2D eigenvalue weighted by Gasteiger charge is -2.22. The van der Waals surface area contributed by atoms with Gasteiger partial charge in [-0.25, -0.2) is 4.39 Å². The Morgan fingerprint density at radius 2 is 1.93 bits per heavy atom. The summed E-state index contributed by atoms with van der Waals surface area (Å²) in [5.41, 5.74) is 1.27. The molecule has 1 saturated heterocycles. The highest BCUT2D eigenvalue weighted by Gasteiger charge is 2.35. The first-order valence-electron chi connectivity index (χ1n) is 9.07. The van der Waals surface area contributed by atoms with Crippen LogP contribution in [-0.4, -0.2) is 35.8 Å². The van der Waals surface area contributed by atoms with Gasteiger partial charge in [-0.15, -0.1) is 0 Å². The van der Waals surface area contributed by atoms with Gasteiger partial charge >= 0.3 is 0 Å². The number of rotatable bonds is 3. The minimum absolute atomic E-state index is 0.0188. The van der Waals surface area contributed by atoms with Crippen LogP contribution in [0.2, 0.25) is 5.02 Å². The maximum atomic E-state index is 13.4. The summed E-state index contributed by atoms with van der Waals surface area (Å²) in [5.74, 6) is 1.14. The van der Waals surface area contributed by atoms with Crippen molar-refractivity contribution in [2.75, 3.05) is 24.7 Å². The monoisotopic (exact) mass is 415 g/mol. The molecule has 1 atom stereocenters. The molecule has 0 aliphatic carbocycles. The van der Waals surface area contributed by atoms with Crippen LogP contribution in [0.3, 0.4) is 0 Å². The van der Waals surface area contributed by atoms with Crippen molar-refractivity contribution in [3.05, 3.63) is 53.1 Å². The summed E-state index contributed by atoms with van der Waals surface area (Å²) in [6.45, 7) is 1.39. The maximum absolute atomic E-state index is 13.4. The average Bonchev–Trinajstić information content (AvgIpc) is 3.37. The van der Waals surface area contributed by atoms with Crippen LogP contribution >= 0.6 is 11.6 Å². The number of nitrogens with zero attached hydrogens (tertiary/aromatic N) is 3. The predicted molar refractivity (Wildman–Crippen MR) is 102 cm³/mol. The third kappa shape index (κ3) is 3.29. The van der Waals surface area contributed by atoms with E-state index in [4.69, 9.17) is 25.6 Å². The Morgan fingerprint density at radius 3 is 2.76 bits per heavy atom. The van der Waals surface area contributed by atoms with Crippen molar-refractivity contribution in [2.24, 2.45) is 0 Å². The quantitative estimate of drug-likeness (QED) is 0.647. The smallest absolute Gasteiger partial charge is 0.232 e. The van der Waals surface area contributed by atoms with E-state index in [0.717, 1.165) is 5.69 Å². The van der Waals surface area contributed by atoms with Crippen molar-refractivity contribution >= 4 is 23.2 Å². The third-order valence-corrected chi connectivity index (χ3v) is 5.22. The number of ether oxygens (including phenoxy) is 2. The molecule has 2 aliphatic heterocycles. The van der Waals surface area contributed by atoms with E-state index in [1.54, 1.807) is 17.0 Å². The molecule has 1 amide bonds. The van der Waals surface area contributed by atoms with Crippen molar-refractivity contribution in [1.29, 1.82) is 0 Å². The van der Waals surface area contributed by atoms with Gasteiger partial charge < -0.3 is 18.9 Å². The summed E-state index contributed by atoms with van der Waals surface area (Å²) < 4.78 is 29.9. The molecular weight excluding hydrogens is 401 g/mol. The van der Waals surface area contributed by atoms with E-state index < -0.39 is 5.82 Å². The summed E-state index contributed by atoms with van der Waals surface area (Å²) in [7, 11) is 0. The van der Waals surface area contributed by atoms with Crippen LogP contribution in [0.4, 0.5) is 10.1 Å². The number of aromatic nitrogens is 2. The molecule has 2 aliphatic rings. The summed E-state index contributed by atoms with van der Waals surface area (Å²) in [5, 5.41) is 3.93. The zero-order valence-corrected chi connectivity index (χ0v) is 15.9. The van der Waals surface area contributed by atoms with Gasteiger partial charge in [-0.2, -0.15) is 4.98 Å². The van der Waals surface area contributed by atoms with Crippen molar-refractivity contribution in [2.45, 2.75) is 12.3 Å². The van der Waals surface area contributed by atoms with Gasteiger partial charge in [0.2, 0.25) is 17.6 Å². The number of carbonyl (C=O) groups excluding carboxylic acids is 1. The molecule has 148 valence electrons. The van der Waals surface area contributed by atoms with Crippen LogP contribution in [0, 0.1) is 5.82 Å². The number of benzene rings is 2. The number of hydrogen-bond donors (Lipinski definition) is 0. The van der Waals surface area contributed by atoms with Crippen LogP contribution in [0.1, 0.15) is 18.2 Å². The number of carbonyl (C=O) groups is 1. The number of fused-ring (bicyclic) bond motifs is 1. The van der Waals surface area contributed by atoms with Crippen LogP contribution < -0.4 is 14.4 Å². The molecule has 3 aromatic rings. The molecule has 0 spiro atoms. The summed E-state index contributed by atoms with van der Waals surface area (Å²) in [6, 6.07) is 9.63. The summed E-state index contributed by atoms with van der Waals surface area (Å²) in [6.07, 6.45) is 0.250. The van der Waals surface area contributed by atoms with Crippen molar-refractivity contribution < 1.29 is 23.2 Å². The zero-order chi connectivity index (χ0) is 20.0. The third-order valence-electron chi connectivity index (χ3n) is 4.93. The Bertz CT molecular complexity index is 1100. The molecule has 5 rings (SSSR count). The van der Waals surface area contributed by atoms with E-state index in [1.165, 1.54) is 18.2 Å². The fourth-order valence-corrected chi connectivity index (χ4v) is 3.66. The molecule has 7 nitrogen and oxygen atoms in total. The van der Waals surface area contributed by atoms with E-state index in [9.17, 15) is 9.18 Å². The second kappa shape index (κ2) is 7.04. The van der Waals surface area contributed by atoms with Gasteiger partial charge in [0.25, 0.3) is 0 Å². The minimum atomic E-state index is -0.518. The Balaban J connectivity index is 1.37. The highest BCUT2D eigenvalue weighted by molar-refractivity contribution is 6.31. The van der Waals surface area contributed by atoms with Gasteiger partial charge in [0.1, 0.15) is 19.0 Å². The average molecular weight is 416 g/mol. The lowest BCUT2D eigenvalue weighted by Crippen LogP contribution is -2.24. The van der Waals surface area contributed by atoms with Crippen molar-refractivity contribution in [1.82, 2.24) is 10.1 Å². The Kier molecular flexibility index (Phi) is 4.35. The normalized spacial score (nSPS) is 18.3. The van der Waals surface area contributed by atoms with Crippen LogP contribution in [0.15, 0.2) is 40.9 Å². The van der Waals surface area contributed by atoms with Crippen LogP contribution in [0.5, 0.6) is 11.5 Å². The molecule has 1 aromatic heterocycles. The molecule has 1 fully saturated rings. The maximum Gasteiger partial charge on any atom is 0.232 e. The first-order valence-corrected chi connectivity index (χ1v) is 9.45. The van der Waals surface area contributed by atoms with E-state index in [1.807, 2.05) is 6.07 Å². The second-order valence-corrected chi connectivity index (χ2v) is 7.23. The van der Waals surface area contributed by atoms with Gasteiger partial charge in [-0.05, 0) is 30.3 Å². The summed E-state index contributed by atoms with van der Waals surface area (Å²) >= 11 is 5.82. The standard InChI is InChI=1S/C20H15ClFN3O4/c21-14-7-11(1-3-15(14)22)19-23-20(29-24-19)12-8-18(26)25(10-12)13-2-4-16-17(9-13)28-6-5-27-16/h1-4,7,9,12H,5-6,8,10H2. The molecule has 0 bridgehead atoms. The molecule has 29 heavy (non-hydrogen) atoms. The zero-order valence-electron chi connectivity index (χ0n) is 15.1. The number of hydrogen-bond acceptors (Lipinski definition) is 6. The first kappa shape index (κ1) is 17.9. The van der Waals surface area contributed by atoms with Crippen LogP contribution in [0.25, 0.3) is 11.4 Å². The van der Waals surface area contributed by atoms with Gasteiger partial charge in [-0.1, -0.05) is 16.8 Å². The van der Waals surface area contributed by atoms with E-state index in [-0.39, 0.29) is 23.3 Å². The minimum Gasteiger partial charge on any atom is -0.486 e. The molecule has 9 heteroatoms. The van der Waals surface area contributed by atoms with E-state index in [0.29, 0.717) is 48.5 Å². The Hall–Kier alpha value is -3.13. The van der Waals surface area contributed by atoms with Crippen molar-refractivity contribution in [3.63, 3.8) is 0 Å². The van der Waals surface area contributed by atoms with Gasteiger partial charge in [0, 0.05) is 30.3 Å². The van der Waals surface area contributed by atoms with Crippen LogP contribution in [-0.2, 0) is 4.79 Å². The fraction of sp³-hybridized carbons (Fsp3) is 0.250.